The van der Waals surface area contributed by atoms with Crippen LogP contribution in [-0.2, 0) is 4.79 Å². The van der Waals surface area contributed by atoms with E-state index in [0.717, 1.165) is 4.90 Å². The third-order valence-corrected chi connectivity index (χ3v) is 2.67. The number of benzene rings is 1. The van der Waals surface area contributed by atoms with Gasteiger partial charge in [0.15, 0.2) is 0 Å². The van der Waals surface area contributed by atoms with Gasteiger partial charge in [-0.3, -0.25) is 4.79 Å². The van der Waals surface area contributed by atoms with Crippen molar-refractivity contribution < 1.29 is 14.3 Å². The number of imide groups is 1. The van der Waals surface area contributed by atoms with Crippen molar-refractivity contribution in [3.05, 3.63) is 24.3 Å². The topological polar surface area (TPSA) is 58.6 Å². The molecule has 90 valence electrons. The largest absolute Gasteiger partial charge is 0.497 e. The number of hydrogen-bond donors (Lipinski definition) is 1. The van der Waals surface area contributed by atoms with Crippen LogP contribution in [0, 0.1) is 0 Å². The second-order valence-corrected chi connectivity index (χ2v) is 4.40. The van der Waals surface area contributed by atoms with Crippen LogP contribution >= 0.6 is 0 Å². The second-order valence-electron chi connectivity index (χ2n) is 4.40. The van der Waals surface area contributed by atoms with Gasteiger partial charge in [0.1, 0.15) is 11.3 Å². The number of nitrogens with zero attached hydrogens (tertiary/aromatic N) is 1. The maximum atomic E-state index is 12.0. The van der Waals surface area contributed by atoms with E-state index >= 15 is 0 Å². The molecule has 5 nitrogen and oxygen atoms in total. The van der Waals surface area contributed by atoms with Crippen molar-refractivity contribution in [3.8, 4) is 5.75 Å². The van der Waals surface area contributed by atoms with Crippen LogP contribution in [0.2, 0.25) is 0 Å². The number of methoxy groups -OCH3 is 1. The zero-order valence-corrected chi connectivity index (χ0v) is 9.98. The SMILES string of the molecule is COc1cccc(N2C(=O)NC(C)(C)C2=O)c1. The summed E-state index contributed by atoms with van der Waals surface area (Å²) >= 11 is 0. The summed E-state index contributed by atoms with van der Waals surface area (Å²) in [5.74, 6) is 0.337. The Morgan fingerprint density at radius 1 is 1.29 bits per heavy atom. The Balaban J connectivity index is 2.40. The quantitative estimate of drug-likeness (QED) is 0.789. The number of urea groups is 1. The van der Waals surface area contributed by atoms with Gasteiger partial charge < -0.3 is 10.1 Å². The molecule has 1 fully saturated rings. The van der Waals surface area contributed by atoms with E-state index < -0.39 is 11.6 Å². The van der Waals surface area contributed by atoms with E-state index in [1.807, 2.05) is 0 Å². The Morgan fingerprint density at radius 3 is 2.53 bits per heavy atom. The standard InChI is InChI=1S/C12H14N2O3/c1-12(2)10(15)14(11(16)13-12)8-5-4-6-9(7-8)17-3/h4-7H,1-3H3,(H,13,16). The summed E-state index contributed by atoms with van der Waals surface area (Å²) in [7, 11) is 1.54. The summed E-state index contributed by atoms with van der Waals surface area (Å²) in [4.78, 5) is 24.9. The first-order valence-corrected chi connectivity index (χ1v) is 5.26. The Hall–Kier alpha value is -2.04. The monoisotopic (exact) mass is 234 g/mol. The molecule has 0 aliphatic carbocycles. The molecule has 0 atom stereocenters. The molecule has 0 radical (unpaired) electrons. The highest BCUT2D eigenvalue weighted by Gasteiger charge is 2.45. The molecule has 0 saturated carbocycles. The van der Waals surface area contributed by atoms with Crippen LogP contribution in [0.15, 0.2) is 24.3 Å². The molecule has 1 N–H and O–H groups in total. The van der Waals surface area contributed by atoms with E-state index in [4.69, 9.17) is 4.74 Å². The number of hydrogen-bond acceptors (Lipinski definition) is 3. The van der Waals surface area contributed by atoms with Crippen LogP contribution < -0.4 is 15.0 Å². The minimum absolute atomic E-state index is 0.268. The molecular formula is C12H14N2O3. The fourth-order valence-corrected chi connectivity index (χ4v) is 1.73. The van der Waals surface area contributed by atoms with Gasteiger partial charge in [0.2, 0.25) is 0 Å². The van der Waals surface area contributed by atoms with Gasteiger partial charge in [-0.05, 0) is 26.0 Å². The molecule has 1 aliphatic rings. The minimum Gasteiger partial charge on any atom is -0.497 e. The number of carbonyl (C=O) groups is 2. The summed E-state index contributed by atoms with van der Waals surface area (Å²) in [5.41, 5.74) is -0.349. The summed E-state index contributed by atoms with van der Waals surface area (Å²) in [5, 5.41) is 2.63. The highest BCUT2D eigenvalue weighted by Crippen LogP contribution is 2.27. The average molecular weight is 234 g/mol. The zero-order chi connectivity index (χ0) is 12.6. The van der Waals surface area contributed by atoms with Crippen molar-refractivity contribution >= 4 is 17.6 Å². The van der Waals surface area contributed by atoms with Crippen molar-refractivity contribution in [1.82, 2.24) is 5.32 Å². The molecule has 2 rings (SSSR count). The lowest BCUT2D eigenvalue weighted by molar-refractivity contribution is -0.120. The molecular weight excluding hydrogens is 220 g/mol. The number of rotatable bonds is 2. The molecule has 5 heteroatoms. The van der Waals surface area contributed by atoms with Crippen molar-refractivity contribution in [2.24, 2.45) is 0 Å². The molecule has 1 aromatic carbocycles. The van der Waals surface area contributed by atoms with E-state index in [2.05, 4.69) is 5.32 Å². The molecule has 0 unspecified atom stereocenters. The summed E-state index contributed by atoms with van der Waals surface area (Å²) < 4.78 is 5.07. The fourth-order valence-electron chi connectivity index (χ4n) is 1.73. The van der Waals surface area contributed by atoms with E-state index in [0.29, 0.717) is 11.4 Å². The smallest absolute Gasteiger partial charge is 0.329 e. The van der Waals surface area contributed by atoms with Crippen molar-refractivity contribution in [2.75, 3.05) is 12.0 Å². The van der Waals surface area contributed by atoms with Gasteiger partial charge in [0.25, 0.3) is 5.91 Å². The van der Waals surface area contributed by atoms with Crippen molar-refractivity contribution in [2.45, 2.75) is 19.4 Å². The summed E-state index contributed by atoms with van der Waals surface area (Å²) in [6, 6.07) is 6.43. The molecule has 3 amide bonds. The highest BCUT2D eigenvalue weighted by molar-refractivity contribution is 6.23. The van der Waals surface area contributed by atoms with Crippen LogP contribution in [0.1, 0.15) is 13.8 Å². The van der Waals surface area contributed by atoms with Gasteiger partial charge in [0.05, 0.1) is 12.8 Å². The van der Waals surface area contributed by atoms with Crippen molar-refractivity contribution in [1.29, 1.82) is 0 Å². The lowest BCUT2D eigenvalue weighted by Crippen LogP contribution is -2.40. The Labute approximate surface area is 99.4 Å². The first kappa shape index (κ1) is 11.4. The Kier molecular flexibility index (Phi) is 2.53. The van der Waals surface area contributed by atoms with Crippen LogP contribution in [0.4, 0.5) is 10.5 Å². The predicted molar refractivity (Wildman–Crippen MR) is 63.1 cm³/mol. The summed E-state index contributed by atoms with van der Waals surface area (Å²) in [6.07, 6.45) is 0. The first-order valence-electron chi connectivity index (χ1n) is 5.26. The van der Waals surface area contributed by atoms with E-state index in [1.165, 1.54) is 7.11 Å². The molecule has 1 heterocycles. The van der Waals surface area contributed by atoms with Gasteiger partial charge in [-0.25, -0.2) is 9.69 Å². The van der Waals surface area contributed by atoms with Gasteiger partial charge in [-0.15, -0.1) is 0 Å². The van der Waals surface area contributed by atoms with Gasteiger partial charge in [-0.1, -0.05) is 6.07 Å². The predicted octanol–water partition coefficient (Wildman–Crippen LogP) is 1.53. The van der Waals surface area contributed by atoms with Gasteiger partial charge >= 0.3 is 6.03 Å². The maximum Gasteiger partial charge on any atom is 0.329 e. The van der Waals surface area contributed by atoms with E-state index in [-0.39, 0.29) is 5.91 Å². The Morgan fingerprint density at radius 2 is 2.00 bits per heavy atom. The normalized spacial score (nSPS) is 18.2. The highest BCUT2D eigenvalue weighted by atomic mass is 16.5. The van der Waals surface area contributed by atoms with Crippen molar-refractivity contribution in [3.63, 3.8) is 0 Å². The van der Waals surface area contributed by atoms with Gasteiger partial charge in [-0.2, -0.15) is 0 Å². The van der Waals surface area contributed by atoms with Crippen LogP contribution in [0.3, 0.4) is 0 Å². The lowest BCUT2D eigenvalue weighted by Gasteiger charge is -2.16. The van der Waals surface area contributed by atoms with E-state index in [9.17, 15) is 9.59 Å². The van der Waals surface area contributed by atoms with Crippen LogP contribution in [0.5, 0.6) is 5.75 Å². The first-order chi connectivity index (χ1) is 7.95. The Bertz CT molecular complexity index is 482. The van der Waals surface area contributed by atoms with Gasteiger partial charge in [0, 0.05) is 6.07 Å². The number of nitrogens with one attached hydrogen (secondary N) is 1. The molecule has 0 aromatic heterocycles. The number of ether oxygens (including phenoxy) is 1. The minimum atomic E-state index is -0.861. The molecule has 0 bridgehead atoms. The molecule has 1 aliphatic heterocycles. The zero-order valence-electron chi connectivity index (χ0n) is 9.98. The third kappa shape index (κ3) is 1.84. The number of anilines is 1. The molecule has 17 heavy (non-hydrogen) atoms. The fraction of sp³-hybridized carbons (Fsp3) is 0.333. The molecule has 1 saturated heterocycles. The third-order valence-electron chi connectivity index (χ3n) is 2.67. The molecule has 1 aromatic rings. The summed E-state index contributed by atoms with van der Waals surface area (Å²) in [6.45, 7) is 3.35. The number of amides is 3. The van der Waals surface area contributed by atoms with Crippen LogP contribution in [-0.4, -0.2) is 24.6 Å². The number of carbonyl (C=O) groups excluding carboxylic acids is 2. The maximum absolute atomic E-state index is 12.0. The van der Waals surface area contributed by atoms with E-state index in [1.54, 1.807) is 38.1 Å². The average Bonchev–Trinajstić information content (AvgIpc) is 2.48. The van der Waals surface area contributed by atoms with Crippen LogP contribution in [0.25, 0.3) is 0 Å². The second kappa shape index (κ2) is 3.76. The lowest BCUT2D eigenvalue weighted by atomic mass is 10.1. The molecule has 0 spiro atoms.